The van der Waals surface area contributed by atoms with Gasteiger partial charge in [-0.15, -0.1) is 0 Å². The summed E-state index contributed by atoms with van der Waals surface area (Å²) in [6.07, 6.45) is -4.42. The molecule has 3 nitrogen and oxygen atoms in total. The minimum Gasteiger partial charge on any atom is -0.478 e. The van der Waals surface area contributed by atoms with E-state index in [1.54, 1.807) is 13.0 Å². The normalized spacial score (nSPS) is 11.2. The number of aryl methyl sites for hydroxylation is 1. The number of alkyl halides is 3. The first-order chi connectivity index (χ1) is 9.77. The molecule has 0 aliphatic heterocycles. The Hall–Kier alpha value is -2.50. The first-order valence-corrected chi connectivity index (χ1v) is 5.96. The van der Waals surface area contributed by atoms with Crippen LogP contribution in [-0.2, 0) is 6.18 Å². The van der Waals surface area contributed by atoms with Crippen molar-refractivity contribution in [2.75, 3.05) is 0 Å². The molecule has 0 fully saturated rings. The largest absolute Gasteiger partial charge is 0.478 e. The van der Waals surface area contributed by atoms with Gasteiger partial charge in [0.25, 0.3) is 0 Å². The molecule has 21 heavy (non-hydrogen) atoms. The molecule has 6 heteroatoms. The zero-order valence-electron chi connectivity index (χ0n) is 10.9. The van der Waals surface area contributed by atoms with E-state index in [9.17, 15) is 18.0 Å². The summed E-state index contributed by atoms with van der Waals surface area (Å²) in [5.41, 5.74) is -0.0695. The van der Waals surface area contributed by atoms with Gasteiger partial charge in [0.05, 0.1) is 5.56 Å². The van der Waals surface area contributed by atoms with E-state index in [2.05, 4.69) is 0 Å². The topological polar surface area (TPSA) is 46.5 Å². The lowest BCUT2D eigenvalue weighted by Crippen LogP contribution is -2.04. The van der Waals surface area contributed by atoms with Crippen molar-refractivity contribution in [3.8, 4) is 11.5 Å². The molecular weight excluding hydrogens is 285 g/mol. The van der Waals surface area contributed by atoms with Gasteiger partial charge in [0.1, 0.15) is 17.1 Å². The Morgan fingerprint density at radius 2 is 1.71 bits per heavy atom. The summed E-state index contributed by atoms with van der Waals surface area (Å²) < 4.78 is 42.7. The van der Waals surface area contributed by atoms with Gasteiger partial charge in [0, 0.05) is 0 Å². The molecule has 0 aliphatic rings. The van der Waals surface area contributed by atoms with E-state index in [0.717, 1.165) is 29.8 Å². The highest BCUT2D eigenvalue weighted by Gasteiger charge is 2.30. The van der Waals surface area contributed by atoms with Crippen molar-refractivity contribution in [1.29, 1.82) is 0 Å². The number of benzene rings is 2. The van der Waals surface area contributed by atoms with Crippen molar-refractivity contribution < 1.29 is 27.8 Å². The molecule has 0 atom stereocenters. The standard InChI is InChI=1S/C15H11F3O3/c1-9-2-7-12(14(19)20)13(8-9)21-11-5-3-10(4-6-11)15(16,17)18/h2-8H,1H3,(H,19,20). The Kier molecular flexibility index (Phi) is 3.88. The van der Waals surface area contributed by atoms with Gasteiger partial charge in [-0.05, 0) is 48.9 Å². The van der Waals surface area contributed by atoms with Crippen LogP contribution >= 0.6 is 0 Å². The van der Waals surface area contributed by atoms with Crippen molar-refractivity contribution in [3.63, 3.8) is 0 Å². The van der Waals surface area contributed by atoms with Crippen molar-refractivity contribution >= 4 is 5.97 Å². The fourth-order valence-electron chi connectivity index (χ4n) is 1.73. The van der Waals surface area contributed by atoms with Crippen molar-refractivity contribution in [2.45, 2.75) is 13.1 Å². The SMILES string of the molecule is Cc1ccc(C(=O)O)c(Oc2ccc(C(F)(F)F)cc2)c1. The van der Waals surface area contributed by atoms with Crippen LogP contribution in [0.2, 0.25) is 0 Å². The van der Waals surface area contributed by atoms with Crippen molar-refractivity contribution in [2.24, 2.45) is 0 Å². The minimum absolute atomic E-state index is 0.0551. The van der Waals surface area contributed by atoms with Gasteiger partial charge < -0.3 is 9.84 Å². The fraction of sp³-hybridized carbons (Fsp3) is 0.133. The number of halogens is 3. The summed E-state index contributed by atoms with van der Waals surface area (Å²) in [6, 6.07) is 8.58. The zero-order chi connectivity index (χ0) is 15.6. The van der Waals surface area contributed by atoms with E-state index < -0.39 is 17.7 Å². The molecule has 0 heterocycles. The van der Waals surface area contributed by atoms with Crippen molar-refractivity contribution in [1.82, 2.24) is 0 Å². The Morgan fingerprint density at radius 1 is 1.10 bits per heavy atom. The molecule has 2 aromatic carbocycles. The highest BCUT2D eigenvalue weighted by atomic mass is 19.4. The van der Waals surface area contributed by atoms with Crippen LogP contribution in [0, 0.1) is 6.92 Å². The van der Waals surface area contributed by atoms with E-state index in [1.807, 2.05) is 0 Å². The molecule has 1 N–H and O–H groups in total. The first-order valence-electron chi connectivity index (χ1n) is 5.96. The molecule has 0 saturated heterocycles. The summed E-state index contributed by atoms with van der Waals surface area (Å²) in [5, 5.41) is 9.06. The quantitative estimate of drug-likeness (QED) is 0.906. The lowest BCUT2D eigenvalue weighted by Gasteiger charge is -2.11. The molecule has 0 aliphatic carbocycles. The third kappa shape index (κ3) is 3.53. The maximum absolute atomic E-state index is 12.5. The van der Waals surface area contributed by atoms with E-state index >= 15 is 0 Å². The monoisotopic (exact) mass is 296 g/mol. The Morgan fingerprint density at radius 3 is 2.24 bits per heavy atom. The average molecular weight is 296 g/mol. The number of carboxylic acid groups (broad SMARTS) is 1. The second-order valence-corrected chi connectivity index (χ2v) is 4.43. The molecule has 0 unspecified atom stereocenters. The van der Waals surface area contributed by atoms with Gasteiger partial charge in [-0.1, -0.05) is 6.07 Å². The molecule has 2 aromatic rings. The van der Waals surface area contributed by atoms with Gasteiger partial charge in [0.15, 0.2) is 0 Å². The Bertz CT molecular complexity index is 661. The molecule has 0 radical (unpaired) electrons. The molecular formula is C15H11F3O3. The van der Waals surface area contributed by atoms with E-state index in [4.69, 9.17) is 9.84 Å². The molecule has 2 rings (SSSR count). The summed E-state index contributed by atoms with van der Waals surface area (Å²) >= 11 is 0. The van der Waals surface area contributed by atoms with Crippen LogP contribution in [0.15, 0.2) is 42.5 Å². The first kappa shape index (κ1) is 14.9. The van der Waals surface area contributed by atoms with Gasteiger partial charge >= 0.3 is 12.1 Å². The second kappa shape index (κ2) is 5.47. The summed E-state index contributed by atoms with van der Waals surface area (Å²) in [5.74, 6) is -0.949. The van der Waals surface area contributed by atoms with E-state index in [1.165, 1.54) is 12.1 Å². The molecule has 0 bridgehead atoms. The van der Waals surface area contributed by atoms with Crippen LogP contribution in [0.5, 0.6) is 11.5 Å². The second-order valence-electron chi connectivity index (χ2n) is 4.43. The molecule has 0 spiro atoms. The maximum Gasteiger partial charge on any atom is 0.416 e. The summed E-state index contributed by atoms with van der Waals surface area (Å²) in [6.45, 7) is 1.76. The van der Waals surface area contributed by atoms with Crippen LogP contribution < -0.4 is 4.74 Å². The number of ether oxygens (including phenoxy) is 1. The van der Waals surface area contributed by atoms with E-state index in [0.29, 0.717) is 0 Å². The average Bonchev–Trinajstić information content (AvgIpc) is 2.38. The van der Waals surface area contributed by atoms with Gasteiger partial charge in [-0.3, -0.25) is 0 Å². The van der Waals surface area contributed by atoms with Crippen LogP contribution in [0.4, 0.5) is 13.2 Å². The third-order valence-corrected chi connectivity index (χ3v) is 2.78. The third-order valence-electron chi connectivity index (χ3n) is 2.78. The maximum atomic E-state index is 12.5. The molecule has 0 aromatic heterocycles. The number of hydrogen-bond acceptors (Lipinski definition) is 2. The summed E-state index contributed by atoms with van der Waals surface area (Å²) in [7, 11) is 0. The zero-order valence-corrected chi connectivity index (χ0v) is 10.9. The smallest absolute Gasteiger partial charge is 0.416 e. The Balaban J connectivity index is 2.30. The predicted octanol–water partition coefficient (Wildman–Crippen LogP) is 4.50. The molecule has 0 amide bonds. The number of aromatic carboxylic acids is 1. The van der Waals surface area contributed by atoms with Crippen LogP contribution in [-0.4, -0.2) is 11.1 Å². The number of hydrogen-bond donors (Lipinski definition) is 1. The molecule has 110 valence electrons. The predicted molar refractivity (Wildman–Crippen MR) is 69.7 cm³/mol. The minimum atomic E-state index is -4.42. The lowest BCUT2D eigenvalue weighted by molar-refractivity contribution is -0.137. The molecule has 0 saturated carbocycles. The highest BCUT2D eigenvalue weighted by molar-refractivity contribution is 5.91. The van der Waals surface area contributed by atoms with Crippen LogP contribution in [0.1, 0.15) is 21.5 Å². The van der Waals surface area contributed by atoms with Crippen LogP contribution in [0.3, 0.4) is 0 Å². The fourth-order valence-corrected chi connectivity index (χ4v) is 1.73. The highest BCUT2D eigenvalue weighted by Crippen LogP contribution is 2.32. The lowest BCUT2D eigenvalue weighted by atomic mass is 10.1. The van der Waals surface area contributed by atoms with Gasteiger partial charge in [-0.2, -0.15) is 13.2 Å². The van der Waals surface area contributed by atoms with Gasteiger partial charge in [-0.25, -0.2) is 4.79 Å². The van der Waals surface area contributed by atoms with Crippen molar-refractivity contribution in [3.05, 3.63) is 59.2 Å². The van der Waals surface area contributed by atoms with Gasteiger partial charge in [0.2, 0.25) is 0 Å². The van der Waals surface area contributed by atoms with E-state index in [-0.39, 0.29) is 17.1 Å². The Labute approximate surface area is 118 Å². The number of rotatable bonds is 3. The summed E-state index contributed by atoms with van der Waals surface area (Å²) in [4.78, 5) is 11.1. The number of carbonyl (C=O) groups is 1. The number of carboxylic acids is 1. The van der Waals surface area contributed by atoms with Crippen LogP contribution in [0.25, 0.3) is 0 Å².